The van der Waals surface area contributed by atoms with Gasteiger partial charge >= 0.3 is 30.9 Å². The maximum Gasteiger partial charge on any atom is 2.00 e. The molecule has 6 heavy (non-hydrogen) atoms. The fraction of sp³-hybridized carbons (Fsp3) is 0. The molecule has 32 valence electrons. The molecule has 0 aromatic heterocycles. The molecule has 0 aliphatic carbocycles. The van der Waals surface area contributed by atoms with Gasteiger partial charge in [-0.25, -0.2) is 0 Å². The van der Waals surface area contributed by atoms with E-state index >= 15 is 0 Å². The molecule has 0 saturated heterocycles. The maximum atomic E-state index is 10.3. The van der Waals surface area contributed by atoms with Crippen LogP contribution in [0.3, 0.4) is 0 Å². The topological polar surface area (TPSA) is 26.3 Å². The summed E-state index contributed by atoms with van der Waals surface area (Å²) in [7, 11) is 0. The normalized spacial score (nSPS) is 12.3. The Bertz CT molecular complexity index is 46.8. The van der Waals surface area contributed by atoms with Gasteiger partial charge in [0.05, 0.1) is 0 Å². The van der Waals surface area contributed by atoms with Gasteiger partial charge in [0.15, 0.2) is 0 Å². The summed E-state index contributed by atoms with van der Waals surface area (Å²) >= 11 is -3.24. The molecular formula is F2O2SZn+2. The van der Waals surface area contributed by atoms with Gasteiger partial charge in [-0.15, -0.1) is 3.89 Å². The van der Waals surface area contributed by atoms with E-state index in [1.807, 2.05) is 0 Å². The summed E-state index contributed by atoms with van der Waals surface area (Å²) in [5.74, 6) is 0. The van der Waals surface area contributed by atoms with Crippen molar-refractivity contribution in [2.75, 3.05) is 0 Å². The van der Waals surface area contributed by atoms with Gasteiger partial charge in [0.1, 0.15) is 0 Å². The molecule has 0 radical (unpaired) electrons. The van der Waals surface area contributed by atoms with Gasteiger partial charge in [0, 0.05) is 0 Å². The predicted molar refractivity (Wildman–Crippen MR) is 11.4 cm³/mol. The third-order valence-electron chi connectivity index (χ3n) is 0.0495. The van der Waals surface area contributed by atoms with Crippen molar-refractivity contribution in [3.63, 3.8) is 0 Å². The third kappa shape index (κ3) is 8.82. The second kappa shape index (κ2) is 5.59. The van der Waals surface area contributed by atoms with Crippen molar-refractivity contribution in [3.8, 4) is 0 Å². The molecule has 0 N–H and O–H groups in total. The second-order valence-corrected chi connectivity index (χ2v) is 0.771. The van der Waals surface area contributed by atoms with Crippen LogP contribution >= 0.6 is 0 Å². The van der Waals surface area contributed by atoms with Crippen molar-refractivity contribution in [2.45, 2.75) is 0 Å². The molecule has 0 aliphatic rings. The van der Waals surface area contributed by atoms with Crippen LogP contribution in [0.25, 0.3) is 0 Å². The largest absolute Gasteiger partial charge is 2.00 e. The van der Waals surface area contributed by atoms with Crippen molar-refractivity contribution < 1.29 is 36.5 Å². The fourth-order valence-corrected chi connectivity index (χ4v) is 0. The average Bonchev–Trinajstić information content (AvgIpc) is 1.38. The van der Waals surface area contributed by atoms with E-state index in [0.29, 0.717) is 0 Å². The summed E-state index contributed by atoms with van der Waals surface area (Å²) in [6.45, 7) is 0. The molecule has 0 amide bonds. The Labute approximate surface area is 48.5 Å². The van der Waals surface area contributed by atoms with Crippen LogP contribution in [0.15, 0.2) is 0 Å². The van der Waals surface area contributed by atoms with E-state index in [1.54, 1.807) is 0 Å². The Balaban J connectivity index is 0. The quantitative estimate of drug-likeness (QED) is 0.418. The fourth-order valence-electron chi connectivity index (χ4n) is 0. The van der Waals surface area contributed by atoms with E-state index in [9.17, 15) is 8.41 Å². The van der Waals surface area contributed by atoms with Crippen LogP contribution in [0.4, 0.5) is 8.41 Å². The first-order valence-electron chi connectivity index (χ1n) is 0.642. The van der Waals surface area contributed by atoms with Crippen molar-refractivity contribution in [2.24, 2.45) is 0 Å². The van der Waals surface area contributed by atoms with Crippen LogP contribution in [0.5, 0.6) is 0 Å². The molecular weight excluding hydrogens is 167 g/mol. The molecule has 0 fully saturated rings. The minimum Gasteiger partial charge on any atom is -0.190 e. The zero-order chi connectivity index (χ0) is 4.28. The van der Waals surface area contributed by atoms with E-state index < -0.39 is 11.5 Å². The average molecular weight is 167 g/mol. The number of hydrogen-bond donors (Lipinski definition) is 0. The van der Waals surface area contributed by atoms with Crippen LogP contribution in [-0.4, -0.2) is 4.21 Å². The molecule has 0 aliphatic heterocycles. The minimum absolute atomic E-state index is 0. The Morgan fingerprint density at radius 1 is 1.67 bits per heavy atom. The summed E-state index contributed by atoms with van der Waals surface area (Å²) in [6.07, 6.45) is 0. The third-order valence-corrected chi connectivity index (χ3v) is 0.149. The number of hydrogen-bond acceptors (Lipinski definition) is 2. The van der Waals surface area contributed by atoms with Gasteiger partial charge in [-0.3, -0.25) is 0 Å². The number of halogens is 2. The molecule has 1 atom stereocenters. The van der Waals surface area contributed by atoms with Crippen molar-refractivity contribution >= 4 is 11.5 Å². The minimum atomic E-state index is -3.24. The first-order valence-corrected chi connectivity index (χ1v) is 1.62. The smallest absolute Gasteiger partial charge is 0.190 e. The van der Waals surface area contributed by atoms with Crippen LogP contribution in [0.2, 0.25) is 0 Å². The molecule has 0 aromatic carbocycles. The van der Waals surface area contributed by atoms with Crippen LogP contribution in [-0.2, 0) is 35.3 Å². The maximum absolute atomic E-state index is 10.3. The molecule has 6 heteroatoms. The van der Waals surface area contributed by atoms with Gasteiger partial charge in [0.2, 0.25) is 0 Å². The molecule has 2 nitrogen and oxygen atoms in total. The van der Waals surface area contributed by atoms with Crippen molar-refractivity contribution in [3.05, 3.63) is 0 Å². The summed E-state index contributed by atoms with van der Waals surface area (Å²) < 4.78 is 31.0. The van der Waals surface area contributed by atoms with E-state index in [2.05, 4.69) is 4.39 Å². The molecule has 0 spiro atoms. The van der Waals surface area contributed by atoms with Crippen molar-refractivity contribution in [1.29, 1.82) is 0 Å². The molecule has 0 rings (SSSR count). The van der Waals surface area contributed by atoms with Gasteiger partial charge < -0.3 is 0 Å². The Morgan fingerprint density at radius 3 is 1.83 bits per heavy atom. The van der Waals surface area contributed by atoms with Crippen LogP contribution < -0.4 is 0 Å². The van der Waals surface area contributed by atoms with E-state index in [4.69, 9.17) is 4.21 Å². The first kappa shape index (κ1) is 9.78. The van der Waals surface area contributed by atoms with Crippen LogP contribution in [0.1, 0.15) is 0 Å². The van der Waals surface area contributed by atoms with Gasteiger partial charge in [-0.05, 0) is 4.53 Å². The zero-order valence-electron chi connectivity index (χ0n) is 2.69. The molecule has 0 heterocycles. The van der Waals surface area contributed by atoms with Gasteiger partial charge in [0.25, 0.3) is 0 Å². The van der Waals surface area contributed by atoms with Gasteiger partial charge in [-0.1, -0.05) is 4.39 Å². The van der Waals surface area contributed by atoms with E-state index in [-0.39, 0.29) is 19.5 Å². The van der Waals surface area contributed by atoms with E-state index in [1.165, 1.54) is 0 Å². The molecule has 0 aromatic rings. The van der Waals surface area contributed by atoms with Crippen molar-refractivity contribution in [1.82, 2.24) is 0 Å². The Hall–Kier alpha value is 0.593. The van der Waals surface area contributed by atoms with E-state index in [0.717, 1.165) is 0 Å². The summed E-state index contributed by atoms with van der Waals surface area (Å²) in [5, 5.41) is 0. The Morgan fingerprint density at radius 2 is 1.83 bits per heavy atom. The summed E-state index contributed by atoms with van der Waals surface area (Å²) in [4.78, 5) is 0. The molecule has 1 unspecified atom stereocenters. The summed E-state index contributed by atoms with van der Waals surface area (Å²) in [6, 6.07) is 0. The molecule has 0 bridgehead atoms. The number of rotatable bonds is 1. The SMILES string of the molecule is O=S(F)OF.[Zn+2]. The Kier molecular flexibility index (Phi) is 9.11. The van der Waals surface area contributed by atoms with Gasteiger partial charge in [-0.2, -0.15) is 4.21 Å². The first-order chi connectivity index (χ1) is 2.27. The predicted octanol–water partition coefficient (Wildman–Crippen LogP) is 0.433. The second-order valence-electron chi connectivity index (χ2n) is 0.257. The van der Waals surface area contributed by atoms with Crippen LogP contribution in [0, 0.1) is 0 Å². The zero-order valence-corrected chi connectivity index (χ0v) is 6.47. The monoisotopic (exact) mass is 166 g/mol. The summed E-state index contributed by atoms with van der Waals surface area (Å²) in [5.41, 5.74) is 0. The molecule has 0 saturated carbocycles. The standard InChI is InChI=1S/F2O2S.Zn/c1-4-5(2)3;/q;+2.